The largest absolute Gasteiger partial charge is 0.493 e. The minimum atomic E-state index is -0.0560. The number of ketones is 1. The molecule has 0 unspecified atom stereocenters. The SMILES string of the molecule is COc1ccc(C(=CC(C)=O)c2ccc(OC)c(OC)c2)cc1OC. The summed E-state index contributed by atoms with van der Waals surface area (Å²) in [6.45, 7) is 1.52. The van der Waals surface area contributed by atoms with E-state index in [1.54, 1.807) is 34.5 Å². The molecule has 2 rings (SSSR count). The van der Waals surface area contributed by atoms with E-state index in [1.807, 2.05) is 36.4 Å². The highest BCUT2D eigenvalue weighted by molar-refractivity contribution is 5.99. The van der Waals surface area contributed by atoms with Crippen LogP contribution in [-0.4, -0.2) is 34.2 Å². The van der Waals surface area contributed by atoms with Crippen molar-refractivity contribution in [3.05, 3.63) is 53.6 Å². The highest BCUT2D eigenvalue weighted by Crippen LogP contribution is 2.36. The highest BCUT2D eigenvalue weighted by Gasteiger charge is 2.13. The molecule has 0 bridgehead atoms. The van der Waals surface area contributed by atoms with Crippen molar-refractivity contribution in [2.75, 3.05) is 28.4 Å². The molecule has 0 N–H and O–H groups in total. The first-order valence-corrected chi connectivity index (χ1v) is 7.71. The molecule has 0 aliphatic rings. The van der Waals surface area contributed by atoms with Gasteiger partial charge in [0, 0.05) is 0 Å². The summed E-state index contributed by atoms with van der Waals surface area (Å²) in [5.74, 6) is 2.38. The fourth-order valence-electron chi connectivity index (χ4n) is 2.54. The number of carbonyl (C=O) groups is 1. The Kier molecular flexibility index (Phi) is 6.06. The topological polar surface area (TPSA) is 54.0 Å². The Morgan fingerprint density at radius 1 is 0.720 bits per heavy atom. The summed E-state index contributed by atoms with van der Waals surface area (Å²) in [6, 6.07) is 11.1. The van der Waals surface area contributed by atoms with Crippen molar-refractivity contribution >= 4 is 11.4 Å². The van der Waals surface area contributed by atoms with Crippen molar-refractivity contribution in [2.45, 2.75) is 6.92 Å². The van der Waals surface area contributed by atoms with Crippen LogP contribution in [0, 0.1) is 0 Å². The van der Waals surface area contributed by atoms with E-state index in [0.29, 0.717) is 23.0 Å². The van der Waals surface area contributed by atoms with Crippen molar-refractivity contribution < 1.29 is 23.7 Å². The van der Waals surface area contributed by atoms with Gasteiger partial charge in [0.05, 0.1) is 28.4 Å². The zero-order chi connectivity index (χ0) is 18.4. The molecule has 25 heavy (non-hydrogen) atoms. The highest BCUT2D eigenvalue weighted by atomic mass is 16.5. The van der Waals surface area contributed by atoms with Gasteiger partial charge in [-0.1, -0.05) is 12.1 Å². The van der Waals surface area contributed by atoms with Crippen LogP contribution in [-0.2, 0) is 4.79 Å². The van der Waals surface area contributed by atoms with E-state index in [1.165, 1.54) is 6.92 Å². The molecule has 0 saturated heterocycles. The average Bonchev–Trinajstić information content (AvgIpc) is 2.64. The van der Waals surface area contributed by atoms with Crippen LogP contribution in [0.1, 0.15) is 18.1 Å². The van der Waals surface area contributed by atoms with Crippen molar-refractivity contribution in [3.8, 4) is 23.0 Å². The molecule has 132 valence electrons. The van der Waals surface area contributed by atoms with Crippen molar-refractivity contribution in [1.82, 2.24) is 0 Å². The van der Waals surface area contributed by atoms with Crippen molar-refractivity contribution in [3.63, 3.8) is 0 Å². The van der Waals surface area contributed by atoms with Crippen molar-refractivity contribution in [2.24, 2.45) is 0 Å². The Hall–Kier alpha value is -2.95. The molecule has 5 heteroatoms. The van der Waals surface area contributed by atoms with Crippen LogP contribution in [0.5, 0.6) is 23.0 Å². The average molecular weight is 342 g/mol. The van der Waals surface area contributed by atoms with Crippen LogP contribution in [0.2, 0.25) is 0 Å². The number of rotatable bonds is 7. The second-order valence-electron chi connectivity index (χ2n) is 5.31. The lowest BCUT2D eigenvalue weighted by molar-refractivity contribution is -0.112. The van der Waals surface area contributed by atoms with Gasteiger partial charge in [-0.05, 0) is 54.0 Å². The Morgan fingerprint density at radius 3 is 1.44 bits per heavy atom. The van der Waals surface area contributed by atoms with E-state index in [4.69, 9.17) is 18.9 Å². The molecule has 0 amide bonds. The smallest absolute Gasteiger partial charge is 0.161 e. The first kappa shape index (κ1) is 18.4. The molecule has 0 heterocycles. The Bertz CT molecular complexity index is 735. The molecule has 0 atom stereocenters. The molecular formula is C20H22O5. The number of allylic oxidation sites excluding steroid dienone is 1. The second kappa shape index (κ2) is 8.24. The Labute approximate surface area is 147 Å². The molecule has 0 aromatic heterocycles. The molecule has 2 aromatic carbocycles. The lowest BCUT2D eigenvalue weighted by Crippen LogP contribution is -1.97. The molecule has 0 fully saturated rings. The van der Waals surface area contributed by atoms with E-state index < -0.39 is 0 Å². The fourth-order valence-corrected chi connectivity index (χ4v) is 2.54. The number of carbonyl (C=O) groups excluding carboxylic acids is 1. The third-order valence-electron chi connectivity index (χ3n) is 3.74. The molecule has 2 aromatic rings. The minimum Gasteiger partial charge on any atom is -0.493 e. The van der Waals surface area contributed by atoms with Gasteiger partial charge in [0.25, 0.3) is 0 Å². The predicted molar refractivity (Wildman–Crippen MR) is 96.9 cm³/mol. The van der Waals surface area contributed by atoms with E-state index >= 15 is 0 Å². The van der Waals surface area contributed by atoms with Crippen LogP contribution in [0.25, 0.3) is 5.57 Å². The summed E-state index contributed by atoms with van der Waals surface area (Å²) in [7, 11) is 6.31. The van der Waals surface area contributed by atoms with Crippen LogP contribution in [0.4, 0.5) is 0 Å². The number of hydrogen-bond donors (Lipinski definition) is 0. The monoisotopic (exact) mass is 342 g/mol. The van der Waals surface area contributed by atoms with Gasteiger partial charge in [0.15, 0.2) is 28.8 Å². The lowest BCUT2D eigenvalue weighted by atomic mass is 9.96. The number of methoxy groups -OCH3 is 4. The molecule has 0 spiro atoms. The van der Waals surface area contributed by atoms with Gasteiger partial charge in [-0.25, -0.2) is 0 Å². The molecular weight excluding hydrogens is 320 g/mol. The minimum absolute atomic E-state index is 0.0560. The molecule has 0 aliphatic carbocycles. The number of ether oxygens (including phenoxy) is 4. The third-order valence-corrected chi connectivity index (χ3v) is 3.74. The zero-order valence-corrected chi connectivity index (χ0v) is 15.1. The van der Waals surface area contributed by atoms with Crippen LogP contribution in [0.15, 0.2) is 42.5 Å². The molecule has 5 nitrogen and oxygen atoms in total. The van der Waals surface area contributed by atoms with Gasteiger partial charge < -0.3 is 18.9 Å². The first-order valence-electron chi connectivity index (χ1n) is 7.71. The molecule has 0 saturated carbocycles. The van der Waals surface area contributed by atoms with Gasteiger partial charge in [-0.3, -0.25) is 4.79 Å². The normalized spacial score (nSPS) is 9.96. The lowest BCUT2D eigenvalue weighted by Gasteiger charge is -2.14. The summed E-state index contributed by atoms with van der Waals surface area (Å²) in [5, 5.41) is 0. The van der Waals surface area contributed by atoms with E-state index in [2.05, 4.69) is 0 Å². The number of benzene rings is 2. The van der Waals surface area contributed by atoms with Crippen LogP contribution < -0.4 is 18.9 Å². The maximum Gasteiger partial charge on any atom is 0.161 e. The summed E-state index contributed by atoms with van der Waals surface area (Å²) in [6.07, 6.45) is 1.59. The summed E-state index contributed by atoms with van der Waals surface area (Å²) in [4.78, 5) is 11.8. The summed E-state index contributed by atoms with van der Waals surface area (Å²) in [5.41, 5.74) is 2.43. The zero-order valence-electron chi connectivity index (χ0n) is 15.1. The Morgan fingerprint density at radius 2 is 1.12 bits per heavy atom. The van der Waals surface area contributed by atoms with Gasteiger partial charge >= 0.3 is 0 Å². The maximum absolute atomic E-state index is 11.8. The van der Waals surface area contributed by atoms with Gasteiger partial charge in [-0.15, -0.1) is 0 Å². The second-order valence-corrected chi connectivity index (χ2v) is 5.31. The van der Waals surface area contributed by atoms with Crippen LogP contribution >= 0.6 is 0 Å². The van der Waals surface area contributed by atoms with E-state index in [9.17, 15) is 4.79 Å². The van der Waals surface area contributed by atoms with Gasteiger partial charge in [0.1, 0.15) is 0 Å². The third kappa shape index (κ3) is 4.12. The van der Waals surface area contributed by atoms with E-state index in [-0.39, 0.29) is 5.78 Å². The summed E-state index contributed by atoms with van der Waals surface area (Å²) >= 11 is 0. The Balaban J connectivity index is 2.60. The quantitative estimate of drug-likeness (QED) is 0.718. The van der Waals surface area contributed by atoms with Gasteiger partial charge in [-0.2, -0.15) is 0 Å². The van der Waals surface area contributed by atoms with Crippen LogP contribution in [0.3, 0.4) is 0 Å². The molecule has 0 radical (unpaired) electrons. The molecule has 0 aliphatic heterocycles. The standard InChI is InChI=1S/C20H22O5/c1-13(21)10-16(14-6-8-17(22-2)19(11-14)24-4)15-7-9-18(23-3)20(12-15)25-5/h6-12H,1-5H3. The maximum atomic E-state index is 11.8. The van der Waals surface area contributed by atoms with Crippen molar-refractivity contribution in [1.29, 1.82) is 0 Å². The summed E-state index contributed by atoms with van der Waals surface area (Å²) < 4.78 is 21.3. The first-order chi connectivity index (χ1) is 12.0. The number of hydrogen-bond acceptors (Lipinski definition) is 5. The van der Waals surface area contributed by atoms with E-state index in [0.717, 1.165) is 16.7 Å². The van der Waals surface area contributed by atoms with Gasteiger partial charge in [0.2, 0.25) is 0 Å². The predicted octanol–water partition coefficient (Wildman–Crippen LogP) is 3.74. The fraction of sp³-hybridized carbons (Fsp3) is 0.250.